The predicted octanol–water partition coefficient (Wildman–Crippen LogP) is 3.80. The van der Waals surface area contributed by atoms with E-state index in [1.165, 1.54) is 6.26 Å². The van der Waals surface area contributed by atoms with Gasteiger partial charge in [-0.3, -0.25) is 4.79 Å². The first-order chi connectivity index (χ1) is 11.1. The highest BCUT2D eigenvalue weighted by atomic mass is 19.1. The van der Waals surface area contributed by atoms with Crippen molar-refractivity contribution in [1.82, 2.24) is 4.98 Å². The number of aromatic nitrogens is 1. The molecule has 6 heteroatoms. The maximum atomic E-state index is 13.5. The van der Waals surface area contributed by atoms with Crippen molar-refractivity contribution in [2.45, 2.75) is 6.42 Å². The van der Waals surface area contributed by atoms with Crippen molar-refractivity contribution in [3.8, 4) is 11.5 Å². The molecule has 0 saturated carbocycles. The van der Waals surface area contributed by atoms with Crippen LogP contribution in [0.1, 0.15) is 5.69 Å². The van der Waals surface area contributed by atoms with Gasteiger partial charge in [-0.25, -0.2) is 13.8 Å². The second-order valence-electron chi connectivity index (χ2n) is 4.86. The van der Waals surface area contributed by atoms with Crippen molar-refractivity contribution in [1.29, 1.82) is 0 Å². The summed E-state index contributed by atoms with van der Waals surface area (Å²) in [7, 11) is 0. The van der Waals surface area contributed by atoms with Gasteiger partial charge in [0.2, 0.25) is 11.8 Å². The lowest BCUT2D eigenvalue weighted by molar-refractivity contribution is -0.115. The number of oxazole rings is 1. The number of hydrogen-bond acceptors (Lipinski definition) is 3. The molecule has 23 heavy (non-hydrogen) atoms. The van der Waals surface area contributed by atoms with Gasteiger partial charge in [0.25, 0.3) is 0 Å². The van der Waals surface area contributed by atoms with Gasteiger partial charge in [0.1, 0.15) is 17.9 Å². The molecule has 3 rings (SSSR count). The average molecular weight is 314 g/mol. The number of nitrogens with zero attached hydrogens (tertiary/aromatic N) is 1. The van der Waals surface area contributed by atoms with E-state index in [1.54, 1.807) is 0 Å². The molecule has 0 unspecified atom stereocenters. The Morgan fingerprint density at radius 3 is 2.70 bits per heavy atom. The molecule has 0 spiro atoms. The number of amides is 1. The molecule has 0 saturated heterocycles. The zero-order chi connectivity index (χ0) is 16.2. The van der Waals surface area contributed by atoms with E-state index in [0.29, 0.717) is 11.6 Å². The summed E-state index contributed by atoms with van der Waals surface area (Å²) < 4.78 is 31.9. The van der Waals surface area contributed by atoms with Gasteiger partial charge in [-0.05, 0) is 24.3 Å². The highest BCUT2D eigenvalue weighted by Crippen LogP contribution is 2.19. The molecule has 0 fully saturated rings. The Kier molecular flexibility index (Phi) is 4.14. The summed E-state index contributed by atoms with van der Waals surface area (Å²) in [5, 5.41) is 2.31. The second kappa shape index (κ2) is 6.39. The summed E-state index contributed by atoms with van der Waals surface area (Å²) >= 11 is 0. The second-order valence-corrected chi connectivity index (χ2v) is 4.86. The van der Waals surface area contributed by atoms with E-state index in [-0.39, 0.29) is 12.1 Å². The molecule has 0 aliphatic rings. The lowest BCUT2D eigenvalue weighted by Crippen LogP contribution is -2.15. The van der Waals surface area contributed by atoms with Crippen molar-refractivity contribution >= 4 is 11.6 Å². The van der Waals surface area contributed by atoms with Gasteiger partial charge in [0.15, 0.2) is 0 Å². The fourth-order valence-corrected chi connectivity index (χ4v) is 2.05. The van der Waals surface area contributed by atoms with Crippen LogP contribution in [0, 0.1) is 11.6 Å². The number of hydrogen-bond donors (Lipinski definition) is 1. The zero-order valence-corrected chi connectivity index (χ0v) is 11.9. The quantitative estimate of drug-likeness (QED) is 0.797. The highest BCUT2D eigenvalue weighted by molar-refractivity contribution is 5.92. The fraction of sp³-hybridized carbons (Fsp3) is 0.0588. The maximum absolute atomic E-state index is 13.5. The third-order valence-electron chi connectivity index (χ3n) is 3.12. The van der Waals surface area contributed by atoms with Crippen LogP contribution < -0.4 is 5.32 Å². The highest BCUT2D eigenvalue weighted by Gasteiger charge is 2.12. The first kappa shape index (κ1) is 14.9. The maximum Gasteiger partial charge on any atom is 0.230 e. The molecule has 1 aromatic heterocycles. The number of anilines is 1. The van der Waals surface area contributed by atoms with Gasteiger partial charge in [-0.15, -0.1) is 0 Å². The molecular weight excluding hydrogens is 302 g/mol. The summed E-state index contributed by atoms with van der Waals surface area (Å²) in [4.78, 5) is 16.1. The number of rotatable bonds is 4. The molecule has 0 radical (unpaired) electrons. The van der Waals surface area contributed by atoms with Crippen LogP contribution in [0.25, 0.3) is 11.5 Å². The SMILES string of the molecule is O=C(Cc1coc(-c2ccccc2)n1)Nc1cc(F)ccc1F. The van der Waals surface area contributed by atoms with Crippen LogP contribution >= 0.6 is 0 Å². The Labute approximate surface area is 130 Å². The van der Waals surface area contributed by atoms with E-state index in [9.17, 15) is 13.6 Å². The third-order valence-corrected chi connectivity index (χ3v) is 3.12. The van der Waals surface area contributed by atoms with Gasteiger partial charge in [-0.1, -0.05) is 18.2 Å². The van der Waals surface area contributed by atoms with Crippen LogP contribution in [0.2, 0.25) is 0 Å². The van der Waals surface area contributed by atoms with Crippen LogP contribution in [0.3, 0.4) is 0 Å². The Bertz CT molecular complexity index is 832. The standard InChI is InChI=1S/C17H12F2N2O2/c18-12-6-7-14(19)15(8-12)21-16(22)9-13-10-23-17(20-13)11-4-2-1-3-5-11/h1-8,10H,9H2,(H,21,22). The van der Waals surface area contributed by atoms with E-state index in [1.807, 2.05) is 30.3 Å². The van der Waals surface area contributed by atoms with E-state index in [0.717, 1.165) is 23.8 Å². The van der Waals surface area contributed by atoms with Crippen LogP contribution in [0.5, 0.6) is 0 Å². The molecular formula is C17H12F2N2O2. The molecule has 1 amide bonds. The molecule has 0 aliphatic carbocycles. The molecule has 0 atom stereocenters. The Balaban J connectivity index is 1.69. The summed E-state index contributed by atoms with van der Waals surface area (Å²) in [5.41, 5.74) is 0.982. The average Bonchev–Trinajstić information content (AvgIpc) is 3.00. The van der Waals surface area contributed by atoms with E-state index >= 15 is 0 Å². The number of halogens is 2. The van der Waals surface area contributed by atoms with Crippen LogP contribution in [0.4, 0.5) is 14.5 Å². The smallest absolute Gasteiger partial charge is 0.230 e. The van der Waals surface area contributed by atoms with E-state index in [4.69, 9.17) is 4.42 Å². The Morgan fingerprint density at radius 1 is 1.13 bits per heavy atom. The van der Waals surface area contributed by atoms with Crippen molar-refractivity contribution < 1.29 is 18.0 Å². The summed E-state index contributed by atoms with van der Waals surface area (Å²) in [6, 6.07) is 12.1. The molecule has 1 N–H and O–H groups in total. The number of carbonyl (C=O) groups is 1. The van der Waals surface area contributed by atoms with E-state index in [2.05, 4.69) is 10.3 Å². The van der Waals surface area contributed by atoms with Crippen LogP contribution in [0.15, 0.2) is 59.2 Å². The summed E-state index contributed by atoms with van der Waals surface area (Å²) in [6.07, 6.45) is 1.26. The Hall–Kier alpha value is -3.02. The number of benzene rings is 2. The van der Waals surface area contributed by atoms with Crippen molar-refractivity contribution in [2.24, 2.45) is 0 Å². The largest absolute Gasteiger partial charge is 0.444 e. The summed E-state index contributed by atoms with van der Waals surface area (Å²) in [5.74, 6) is -1.45. The zero-order valence-electron chi connectivity index (χ0n) is 11.9. The molecule has 0 bridgehead atoms. The van der Waals surface area contributed by atoms with Gasteiger partial charge in [0.05, 0.1) is 17.8 Å². The molecule has 2 aromatic carbocycles. The third kappa shape index (κ3) is 3.60. The van der Waals surface area contributed by atoms with Crippen LogP contribution in [-0.2, 0) is 11.2 Å². The van der Waals surface area contributed by atoms with E-state index < -0.39 is 17.5 Å². The number of carbonyl (C=O) groups excluding carboxylic acids is 1. The van der Waals surface area contributed by atoms with Crippen molar-refractivity contribution in [3.63, 3.8) is 0 Å². The molecule has 116 valence electrons. The lowest BCUT2D eigenvalue weighted by Gasteiger charge is -2.05. The first-order valence-electron chi connectivity index (χ1n) is 6.86. The molecule has 0 aliphatic heterocycles. The van der Waals surface area contributed by atoms with Gasteiger partial charge < -0.3 is 9.73 Å². The topological polar surface area (TPSA) is 55.1 Å². The van der Waals surface area contributed by atoms with Crippen molar-refractivity contribution in [3.05, 3.63) is 72.1 Å². The minimum Gasteiger partial charge on any atom is -0.444 e. The van der Waals surface area contributed by atoms with Gasteiger partial charge >= 0.3 is 0 Å². The molecule has 4 nitrogen and oxygen atoms in total. The monoisotopic (exact) mass is 314 g/mol. The normalized spacial score (nSPS) is 10.5. The fourth-order valence-electron chi connectivity index (χ4n) is 2.05. The first-order valence-corrected chi connectivity index (χ1v) is 6.86. The molecule has 1 heterocycles. The Morgan fingerprint density at radius 2 is 1.91 bits per heavy atom. The van der Waals surface area contributed by atoms with Crippen LogP contribution in [-0.4, -0.2) is 10.9 Å². The summed E-state index contributed by atoms with van der Waals surface area (Å²) in [6.45, 7) is 0. The minimum atomic E-state index is -0.704. The molecule has 3 aromatic rings. The minimum absolute atomic E-state index is 0.105. The van der Waals surface area contributed by atoms with Crippen molar-refractivity contribution in [2.75, 3.05) is 5.32 Å². The lowest BCUT2D eigenvalue weighted by atomic mass is 10.2. The number of nitrogens with one attached hydrogen (secondary N) is 1. The van der Waals surface area contributed by atoms with Gasteiger partial charge in [-0.2, -0.15) is 0 Å². The predicted molar refractivity (Wildman–Crippen MR) is 80.6 cm³/mol. The van der Waals surface area contributed by atoms with Gasteiger partial charge in [0, 0.05) is 11.6 Å².